The van der Waals surface area contributed by atoms with Gasteiger partial charge in [0.25, 0.3) is 0 Å². The number of aromatic nitrogens is 1. The van der Waals surface area contributed by atoms with Crippen molar-refractivity contribution in [3.05, 3.63) is 28.6 Å². The third kappa shape index (κ3) is 1.01. The number of aryl methyl sites for hydroxylation is 1. The SMILES string of the molecule is Cc1nc2c(ccc3sccc32)s1. The number of thiazole rings is 1. The molecule has 3 heteroatoms. The molecule has 0 N–H and O–H groups in total. The van der Waals surface area contributed by atoms with Crippen LogP contribution >= 0.6 is 22.7 Å². The average Bonchev–Trinajstić information content (AvgIpc) is 2.65. The fraction of sp³-hybridized carbons (Fsp3) is 0.100. The summed E-state index contributed by atoms with van der Waals surface area (Å²) >= 11 is 3.54. The van der Waals surface area contributed by atoms with Gasteiger partial charge in [0.2, 0.25) is 0 Å². The number of benzene rings is 1. The molecule has 0 saturated heterocycles. The molecule has 3 rings (SSSR count). The first-order valence-corrected chi connectivity index (χ1v) is 5.77. The quantitative estimate of drug-likeness (QED) is 0.543. The molecule has 1 aromatic carbocycles. The zero-order valence-corrected chi connectivity index (χ0v) is 8.71. The van der Waals surface area contributed by atoms with Crippen LogP contribution in [-0.4, -0.2) is 4.98 Å². The lowest BCUT2D eigenvalue weighted by atomic mass is 10.2. The van der Waals surface area contributed by atoms with Crippen molar-refractivity contribution in [2.45, 2.75) is 6.92 Å². The highest BCUT2D eigenvalue weighted by molar-refractivity contribution is 7.19. The van der Waals surface area contributed by atoms with E-state index in [1.165, 1.54) is 20.3 Å². The van der Waals surface area contributed by atoms with Gasteiger partial charge < -0.3 is 0 Å². The van der Waals surface area contributed by atoms with E-state index in [1.54, 1.807) is 22.7 Å². The van der Waals surface area contributed by atoms with Crippen molar-refractivity contribution in [2.75, 3.05) is 0 Å². The Hall–Kier alpha value is -0.930. The fourth-order valence-electron chi connectivity index (χ4n) is 1.55. The van der Waals surface area contributed by atoms with E-state index >= 15 is 0 Å². The van der Waals surface area contributed by atoms with E-state index in [0.29, 0.717) is 0 Å². The molecule has 0 aliphatic rings. The molecule has 0 aliphatic heterocycles. The summed E-state index contributed by atoms with van der Waals surface area (Å²) in [6, 6.07) is 6.50. The third-order valence-electron chi connectivity index (χ3n) is 2.10. The first-order valence-electron chi connectivity index (χ1n) is 4.08. The summed E-state index contributed by atoms with van der Waals surface area (Å²) < 4.78 is 2.63. The van der Waals surface area contributed by atoms with Gasteiger partial charge in [0.1, 0.15) is 0 Å². The standard InChI is InChI=1S/C10H7NS2/c1-6-11-10-7-4-5-12-8(7)2-3-9(10)13-6/h2-5H,1H3. The number of nitrogens with zero attached hydrogens (tertiary/aromatic N) is 1. The summed E-state index contributed by atoms with van der Waals surface area (Å²) in [7, 11) is 0. The first-order chi connectivity index (χ1) is 6.34. The van der Waals surface area contributed by atoms with Crippen LogP contribution in [0.3, 0.4) is 0 Å². The Balaban J connectivity index is 2.64. The second-order valence-corrected chi connectivity index (χ2v) is 5.16. The van der Waals surface area contributed by atoms with E-state index in [1.807, 2.05) is 0 Å². The fourth-order valence-corrected chi connectivity index (χ4v) is 3.18. The van der Waals surface area contributed by atoms with E-state index in [0.717, 1.165) is 5.01 Å². The van der Waals surface area contributed by atoms with E-state index in [4.69, 9.17) is 0 Å². The normalized spacial score (nSPS) is 11.5. The lowest BCUT2D eigenvalue weighted by Crippen LogP contribution is -1.69. The van der Waals surface area contributed by atoms with Crippen LogP contribution in [0.25, 0.3) is 20.3 Å². The van der Waals surface area contributed by atoms with Crippen LogP contribution in [0.2, 0.25) is 0 Å². The summed E-state index contributed by atoms with van der Waals surface area (Å²) in [4.78, 5) is 4.54. The lowest BCUT2D eigenvalue weighted by molar-refractivity contribution is 1.35. The predicted octanol–water partition coefficient (Wildman–Crippen LogP) is 3.82. The minimum absolute atomic E-state index is 1.15. The Kier molecular flexibility index (Phi) is 1.45. The zero-order valence-electron chi connectivity index (χ0n) is 7.07. The number of hydrogen-bond donors (Lipinski definition) is 0. The van der Waals surface area contributed by atoms with Gasteiger partial charge in [-0.05, 0) is 30.5 Å². The van der Waals surface area contributed by atoms with Crippen molar-refractivity contribution in [2.24, 2.45) is 0 Å². The molecule has 0 radical (unpaired) electrons. The van der Waals surface area contributed by atoms with Crippen molar-refractivity contribution in [3.63, 3.8) is 0 Å². The maximum absolute atomic E-state index is 4.54. The molecule has 3 aromatic rings. The van der Waals surface area contributed by atoms with E-state index in [9.17, 15) is 0 Å². The van der Waals surface area contributed by atoms with Gasteiger partial charge in [-0.1, -0.05) is 0 Å². The predicted molar refractivity (Wildman–Crippen MR) is 59.7 cm³/mol. The van der Waals surface area contributed by atoms with E-state index < -0.39 is 0 Å². The van der Waals surface area contributed by atoms with Gasteiger partial charge in [-0.15, -0.1) is 22.7 Å². The van der Waals surface area contributed by atoms with Gasteiger partial charge in [-0.2, -0.15) is 0 Å². The van der Waals surface area contributed by atoms with Crippen LogP contribution in [0.5, 0.6) is 0 Å². The second-order valence-electron chi connectivity index (χ2n) is 2.98. The highest BCUT2D eigenvalue weighted by atomic mass is 32.1. The third-order valence-corrected chi connectivity index (χ3v) is 3.91. The van der Waals surface area contributed by atoms with Crippen LogP contribution in [-0.2, 0) is 0 Å². The van der Waals surface area contributed by atoms with Gasteiger partial charge in [-0.3, -0.25) is 0 Å². The zero-order chi connectivity index (χ0) is 8.84. The maximum atomic E-state index is 4.54. The molecule has 2 aromatic heterocycles. The number of rotatable bonds is 0. The number of fused-ring (bicyclic) bond motifs is 3. The molecule has 1 nitrogen and oxygen atoms in total. The molecule has 0 bridgehead atoms. The molecule has 13 heavy (non-hydrogen) atoms. The van der Waals surface area contributed by atoms with Crippen molar-refractivity contribution in [3.8, 4) is 0 Å². The minimum atomic E-state index is 1.15. The molecule has 0 fully saturated rings. The molecular formula is C10H7NS2. The molecule has 64 valence electrons. The Morgan fingerprint density at radius 1 is 1.15 bits per heavy atom. The maximum Gasteiger partial charge on any atom is 0.0908 e. The Labute approximate surface area is 83.7 Å². The second kappa shape index (κ2) is 2.53. The number of hydrogen-bond acceptors (Lipinski definition) is 3. The molecule has 0 atom stereocenters. The highest BCUT2D eigenvalue weighted by Gasteiger charge is 2.04. The van der Waals surface area contributed by atoms with Gasteiger partial charge >= 0.3 is 0 Å². The van der Waals surface area contributed by atoms with Gasteiger partial charge in [0.15, 0.2) is 0 Å². The van der Waals surface area contributed by atoms with Crippen LogP contribution < -0.4 is 0 Å². The number of thiophene rings is 1. The smallest absolute Gasteiger partial charge is 0.0908 e. The lowest BCUT2D eigenvalue weighted by Gasteiger charge is -1.89. The van der Waals surface area contributed by atoms with Crippen LogP contribution in [0.4, 0.5) is 0 Å². The van der Waals surface area contributed by atoms with Crippen LogP contribution in [0, 0.1) is 6.92 Å². The van der Waals surface area contributed by atoms with Gasteiger partial charge in [0.05, 0.1) is 15.2 Å². The minimum Gasteiger partial charge on any atom is -0.241 e. The summed E-state index contributed by atoms with van der Waals surface area (Å²) in [5, 5.41) is 4.57. The highest BCUT2D eigenvalue weighted by Crippen LogP contribution is 2.31. The van der Waals surface area contributed by atoms with Crippen LogP contribution in [0.1, 0.15) is 5.01 Å². The topological polar surface area (TPSA) is 12.9 Å². The largest absolute Gasteiger partial charge is 0.241 e. The molecule has 0 unspecified atom stereocenters. The van der Waals surface area contributed by atoms with E-state index in [-0.39, 0.29) is 0 Å². The Morgan fingerprint density at radius 2 is 2.00 bits per heavy atom. The Bertz CT molecular complexity index is 577. The van der Waals surface area contributed by atoms with Crippen molar-refractivity contribution in [1.82, 2.24) is 4.98 Å². The molecule has 0 aliphatic carbocycles. The monoisotopic (exact) mass is 205 g/mol. The molecule has 0 amide bonds. The van der Waals surface area contributed by atoms with Crippen molar-refractivity contribution in [1.29, 1.82) is 0 Å². The summed E-state index contributed by atoms with van der Waals surface area (Å²) in [6.45, 7) is 2.06. The molecule has 0 spiro atoms. The van der Waals surface area contributed by atoms with Gasteiger partial charge in [0, 0.05) is 10.1 Å². The molecule has 2 heterocycles. The summed E-state index contributed by atoms with van der Waals surface area (Å²) in [6.07, 6.45) is 0. The summed E-state index contributed by atoms with van der Waals surface area (Å²) in [5.74, 6) is 0. The van der Waals surface area contributed by atoms with Crippen molar-refractivity contribution < 1.29 is 0 Å². The summed E-state index contributed by atoms with van der Waals surface area (Å²) in [5.41, 5.74) is 1.17. The average molecular weight is 205 g/mol. The first kappa shape index (κ1) is 7.47. The van der Waals surface area contributed by atoms with Crippen molar-refractivity contribution >= 4 is 43.0 Å². The van der Waals surface area contributed by atoms with E-state index in [2.05, 4.69) is 35.5 Å². The molecular weight excluding hydrogens is 198 g/mol. The van der Waals surface area contributed by atoms with Gasteiger partial charge in [-0.25, -0.2) is 4.98 Å². The van der Waals surface area contributed by atoms with Crippen LogP contribution in [0.15, 0.2) is 23.6 Å². The molecule has 0 saturated carbocycles. The Morgan fingerprint density at radius 3 is 2.92 bits per heavy atom.